The van der Waals surface area contributed by atoms with Crippen molar-refractivity contribution < 1.29 is 14.3 Å². The number of nitrogens with zero attached hydrogens (tertiary/aromatic N) is 1. The van der Waals surface area contributed by atoms with Gasteiger partial charge in [-0.05, 0) is 19.9 Å². The lowest BCUT2D eigenvalue weighted by molar-refractivity contribution is -0.127. The number of nitrogens with one attached hydrogen (secondary N) is 2. The number of amides is 1. The first kappa shape index (κ1) is 14.5. The molecular weight excluding hydrogens is 258 g/mol. The van der Waals surface area contributed by atoms with E-state index >= 15 is 0 Å². The van der Waals surface area contributed by atoms with E-state index in [2.05, 4.69) is 15.5 Å². The molecule has 1 aromatic carbocycles. The highest BCUT2D eigenvalue weighted by Crippen LogP contribution is 2.20. The maximum absolute atomic E-state index is 12.0. The Morgan fingerprint density at radius 3 is 3.10 bits per heavy atom. The Bertz CT molecular complexity index is 568. The highest BCUT2D eigenvalue weighted by Gasteiger charge is 2.14. The van der Waals surface area contributed by atoms with Gasteiger partial charge in [-0.1, -0.05) is 12.1 Å². The van der Waals surface area contributed by atoms with E-state index < -0.39 is 6.10 Å². The number of anilines is 1. The summed E-state index contributed by atoms with van der Waals surface area (Å²) in [6.07, 6.45) is 1.18. The van der Waals surface area contributed by atoms with Crippen molar-refractivity contribution in [3.05, 3.63) is 24.4 Å². The standard InChI is InChI=1S/C14H19N3O3/c1-3-19-7-8-20-10(2)14(18)16-12-6-4-5-11-9-15-17-13(11)12/h4-6,9-10H,3,7-8H2,1-2H3,(H,15,17)(H,16,18). The van der Waals surface area contributed by atoms with E-state index in [0.29, 0.717) is 25.5 Å². The van der Waals surface area contributed by atoms with Gasteiger partial charge in [0.05, 0.1) is 30.6 Å². The molecule has 1 atom stereocenters. The number of para-hydroxylation sites is 1. The van der Waals surface area contributed by atoms with Gasteiger partial charge in [-0.3, -0.25) is 9.89 Å². The minimum Gasteiger partial charge on any atom is -0.379 e. The van der Waals surface area contributed by atoms with Gasteiger partial charge in [-0.25, -0.2) is 0 Å². The fourth-order valence-electron chi connectivity index (χ4n) is 1.81. The van der Waals surface area contributed by atoms with E-state index in [4.69, 9.17) is 9.47 Å². The lowest BCUT2D eigenvalue weighted by Gasteiger charge is -2.13. The number of carbonyl (C=O) groups excluding carboxylic acids is 1. The minimum absolute atomic E-state index is 0.191. The molecule has 1 aromatic heterocycles. The average Bonchev–Trinajstić information content (AvgIpc) is 2.93. The molecular formula is C14H19N3O3. The molecule has 6 nitrogen and oxygen atoms in total. The van der Waals surface area contributed by atoms with Crippen LogP contribution < -0.4 is 5.32 Å². The maximum atomic E-state index is 12.0. The first-order chi connectivity index (χ1) is 9.72. The fraction of sp³-hybridized carbons (Fsp3) is 0.429. The number of aromatic amines is 1. The monoisotopic (exact) mass is 277 g/mol. The number of carbonyl (C=O) groups is 1. The highest BCUT2D eigenvalue weighted by atomic mass is 16.5. The first-order valence-corrected chi connectivity index (χ1v) is 6.64. The summed E-state index contributed by atoms with van der Waals surface area (Å²) >= 11 is 0. The molecule has 0 bridgehead atoms. The average molecular weight is 277 g/mol. The predicted octanol–water partition coefficient (Wildman–Crippen LogP) is 1.94. The zero-order valence-corrected chi connectivity index (χ0v) is 11.7. The van der Waals surface area contributed by atoms with Gasteiger partial charge >= 0.3 is 0 Å². The molecule has 0 radical (unpaired) electrons. The summed E-state index contributed by atoms with van der Waals surface area (Å²) in [5.74, 6) is -0.191. The van der Waals surface area contributed by atoms with Crippen LogP contribution in [0.25, 0.3) is 10.9 Å². The van der Waals surface area contributed by atoms with E-state index in [1.54, 1.807) is 13.1 Å². The molecule has 0 fully saturated rings. The lowest BCUT2D eigenvalue weighted by Crippen LogP contribution is -2.29. The van der Waals surface area contributed by atoms with Crippen LogP contribution in [0, 0.1) is 0 Å². The summed E-state index contributed by atoms with van der Waals surface area (Å²) in [6.45, 7) is 5.17. The Morgan fingerprint density at radius 2 is 2.30 bits per heavy atom. The SMILES string of the molecule is CCOCCOC(C)C(=O)Nc1cccc2cn[nH]c12. The van der Waals surface area contributed by atoms with Crippen molar-refractivity contribution in [1.29, 1.82) is 0 Å². The van der Waals surface area contributed by atoms with Crippen molar-refractivity contribution in [2.45, 2.75) is 20.0 Å². The normalized spacial score (nSPS) is 12.5. The van der Waals surface area contributed by atoms with Gasteiger partial charge in [-0.2, -0.15) is 5.10 Å². The van der Waals surface area contributed by atoms with Gasteiger partial charge in [0.1, 0.15) is 6.10 Å². The zero-order chi connectivity index (χ0) is 14.4. The molecule has 2 rings (SSSR count). The number of H-pyrrole nitrogens is 1. The third-order valence-electron chi connectivity index (χ3n) is 2.90. The summed E-state index contributed by atoms with van der Waals surface area (Å²) in [5, 5.41) is 10.6. The Labute approximate surface area is 117 Å². The van der Waals surface area contributed by atoms with Crippen LogP contribution in [0.1, 0.15) is 13.8 Å². The van der Waals surface area contributed by atoms with Gasteiger partial charge in [0.15, 0.2) is 0 Å². The number of rotatable bonds is 7. The quantitative estimate of drug-likeness (QED) is 0.758. The van der Waals surface area contributed by atoms with Gasteiger partial charge in [0, 0.05) is 12.0 Å². The molecule has 0 saturated carbocycles. The molecule has 0 aliphatic heterocycles. The first-order valence-electron chi connectivity index (χ1n) is 6.64. The molecule has 0 saturated heterocycles. The maximum Gasteiger partial charge on any atom is 0.253 e. The van der Waals surface area contributed by atoms with Crippen molar-refractivity contribution in [3.8, 4) is 0 Å². The number of hydrogen-bond donors (Lipinski definition) is 2. The molecule has 0 aliphatic carbocycles. The van der Waals surface area contributed by atoms with Crippen molar-refractivity contribution in [2.75, 3.05) is 25.1 Å². The van der Waals surface area contributed by atoms with Crippen LogP contribution >= 0.6 is 0 Å². The van der Waals surface area contributed by atoms with E-state index in [-0.39, 0.29) is 5.91 Å². The van der Waals surface area contributed by atoms with Crippen molar-refractivity contribution in [3.63, 3.8) is 0 Å². The van der Waals surface area contributed by atoms with Crippen molar-refractivity contribution >= 4 is 22.5 Å². The molecule has 20 heavy (non-hydrogen) atoms. The van der Waals surface area contributed by atoms with Crippen LogP contribution in [0.5, 0.6) is 0 Å². The topological polar surface area (TPSA) is 76.2 Å². The van der Waals surface area contributed by atoms with Gasteiger partial charge in [0.2, 0.25) is 0 Å². The van der Waals surface area contributed by atoms with Gasteiger partial charge < -0.3 is 14.8 Å². The second-order valence-electron chi connectivity index (χ2n) is 4.34. The molecule has 2 N–H and O–H groups in total. The van der Waals surface area contributed by atoms with Crippen LogP contribution in [0.2, 0.25) is 0 Å². The van der Waals surface area contributed by atoms with Crippen molar-refractivity contribution in [2.24, 2.45) is 0 Å². The number of aromatic nitrogens is 2. The second-order valence-corrected chi connectivity index (χ2v) is 4.34. The highest BCUT2D eigenvalue weighted by molar-refractivity contribution is 6.01. The number of benzene rings is 1. The Kier molecular flexibility index (Phi) is 5.09. The Morgan fingerprint density at radius 1 is 1.45 bits per heavy atom. The molecule has 0 spiro atoms. The van der Waals surface area contributed by atoms with Crippen LogP contribution in [-0.2, 0) is 14.3 Å². The number of fused-ring (bicyclic) bond motifs is 1. The summed E-state index contributed by atoms with van der Waals surface area (Å²) in [6, 6.07) is 5.62. The third-order valence-corrected chi connectivity index (χ3v) is 2.90. The van der Waals surface area contributed by atoms with Crippen LogP contribution in [0.15, 0.2) is 24.4 Å². The fourth-order valence-corrected chi connectivity index (χ4v) is 1.81. The molecule has 108 valence electrons. The van der Waals surface area contributed by atoms with Crippen LogP contribution in [0.3, 0.4) is 0 Å². The molecule has 1 heterocycles. The molecule has 1 unspecified atom stereocenters. The molecule has 1 amide bonds. The number of ether oxygens (including phenoxy) is 2. The van der Waals surface area contributed by atoms with Crippen LogP contribution in [-0.4, -0.2) is 42.0 Å². The minimum atomic E-state index is -0.534. The molecule has 0 aliphatic rings. The summed E-state index contributed by atoms with van der Waals surface area (Å²) < 4.78 is 10.6. The summed E-state index contributed by atoms with van der Waals surface area (Å²) in [7, 11) is 0. The summed E-state index contributed by atoms with van der Waals surface area (Å²) in [5.41, 5.74) is 1.51. The predicted molar refractivity (Wildman–Crippen MR) is 76.6 cm³/mol. The molecule has 2 aromatic rings. The van der Waals surface area contributed by atoms with E-state index in [1.807, 2.05) is 25.1 Å². The van der Waals surface area contributed by atoms with Gasteiger partial charge in [0.25, 0.3) is 5.91 Å². The summed E-state index contributed by atoms with van der Waals surface area (Å²) in [4.78, 5) is 12.0. The largest absolute Gasteiger partial charge is 0.379 e. The smallest absolute Gasteiger partial charge is 0.253 e. The van der Waals surface area contributed by atoms with E-state index in [1.165, 1.54) is 0 Å². The second kappa shape index (κ2) is 7.02. The Hall–Kier alpha value is -1.92. The molecule has 6 heteroatoms. The Balaban J connectivity index is 1.92. The third kappa shape index (κ3) is 3.55. The van der Waals surface area contributed by atoms with E-state index in [9.17, 15) is 4.79 Å². The number of hydrogen-bond acceptors (Lipinski definition) is 4. The lowest BCUT2D eigenvalue weighted by atomic mass is 10.2. The van der Waals surface area contributed by atoms with Crippen LogP contribution in [0.4, 0.5) is 5.69 Å². The van der Waals surface area contributed by atoms with E-state index in [0.717, 1.165) is 10.9 Å². The van der Waals surface area contributed by atoms with Gasteiger partial charge in [-0.15, -0.1) is 0 Å². The zero-order valence-electron chi connectivity index (χ0n) is 11.7. The van der Waals surface area contributed by atoms with Crippen molar-refractivity contribution in [1.82, 2.24) is 10.2 Å².